The van der Waals surface area contributed by atoms with Gasteiger partial charge in [-0.05, 0) is 55.7 Å². The Morgan fingerprint density at radius 2 is 1.89 bits per heavy atom. The minimum atomic E-state index is -0.110. The summed E-state index contributed by atoms with van der Waals surface area (Å²) in [7, 11) is 1.62. The van der Waals surface area contributed by atoms with E-state index in [0.717, 1.165) is 53.0 Å². The van der Waals surface area contributed by atoms with Gasteiger partial charge in [-0.15, -0.1) is 11.3 Å². The van der Waals surface area contributed by atoms with Gasteiger partial charge in [0.1, 0.15) is 5.75 Å². The first kappa shape index (κ1) is 23.3. The predicted octanol–water partition coefficient (Wildman–Crippen LogP) is 6.01. The lowest BCUT2D eigenvalue weighted by Gasteiger charge is -2.32. The van der Waals surface area contributed by atoms with Crippen LogP contribution in [0.5, 0.6) is 5.75 Å². The van der Waals surface area contributed by atoms with Crippen molar-refractivity contribution in [3.63, 3.8) is 0 Å². The Morgan fingerprint density at radius 1 is 1.11 bits per heavy atom. The molecule has 1 fully saturated rings. The number of carbonyl (C=O) groups excluding carboxylic acids is 2. The monoisotopic (exact) mass is 487 g/mol. The Bertz CT molecular complexity index is 1340. The van der Waals surface area contributed by atoms with Gasteiger partial charge in [-0.25, -0.2) is 4.98 Å². The van der Waals surface area contributed by atoms with Crippen LogP contribution in [0.15, 0.2) is 60.1 Å². The zero-order valence-electron chi connectivity index (χ0n) is 20.1. The smallest absolute Gasteiger partial charge is 0.262 e. The second-order valence-electron chi connectivity index (χ2n) is 9.00. The molecular formula is C28H29N3O3S. The molecule has 0 spiro atoms. The average Bonchev–Trinajstić information content (AvgIpc) is 3.51. The minimum Gasteiger partial charge on any atom is -0.497 e. The summed E-state index contributed by atoms with van der Waals surface area (Å²) in [5.41, 5.74) is 3.01. The number of hydrogen-bond acceptors (Lipinski definition) is 5. The molecule has 0 aliphatic heterocycles. The van der Waals surface area contributed by atoms with Crippen molar-refractivity contribution in [3.8, 4) is 5.75 Å². The Kier molecular flexibility index (Phi) is 6.68. The van der Waals surface area contributed by atoms with Crippen LogP contribution in [-0.2, 0) is 11.2 Å². The zero-order valence-corrected chi connectivity index (χ0v) is 20.9. The summed E-state index contributed by atoms with van der Waals surface area (Å²) < 4.78 is 7.20. The molecule has 1 aliphatic carbocycles. The van der Waals surface area contributed by atoms with E-state index in [2.05, 4.69) is 4.98 Å². The van der Waals surface area contributed by atoms with Gasteiger partial charge in [0.15, 0.2) is 5.13 Å². The van der Waals surface area contributed by atoms with Crippen LogP contribution in [0.25, 0.3) is 10.9 Å². The van der Waals surface area contributed by atoms with Gasteiger partial charge in [0, 0.05) is 34.3 Å². The highest BCUT2D eigenvalue weighted by atomic mass is 32.1. The first-order valence-electron chi connectivity index (χ1n) is 12.1. The number of hydrogen-bond donors (Lipinski definition) is 0. The van der Waals surface area contributed by atoms with Crippen LogP contribution in [0.3, 0.4) is 0 Å². The fourth-order valence-corrected chi connectivity index (χ4v) is 5.89. The van der Waals surface area contributed by atoms with Crippen molar-refractivity contribution in [2.45, 2.75) is 51.5 Å². The molecule has 4 aromatic rings. The number of fused-ring (bicyclic) bond motifs is 1. The zero-order chi connectivity index (χ0) is 24.4. The van der Waals surface area contributed by atoms with Crippen LogP contribution in [0.4, 0.5) is 5.13 Å². The van der Waals surface area contributed by atoms with E-state index in [0.29, 0.717) is 11.3 Å². The molecule has 2 heterocycles. The molecule has 180 valence electrons. The SMILES string of the molecule is COc1ccc2c(c1)c(CC(=O)N(c1nccs1)C1CCCCC1)c(C)n2C(=O)c1ccccc1. The van der Waals surface area contributed by atoms with E-state index in [-0.39, 0.29) is 24.3 Å². The van der Waals surface area contributed by atoms with E-state index in [9.17, 15) is 9.59 Å². The van der Waals surface area contributed by atoms with E-state index >= 15 is 0 Å². The van der Waals surface area contributed by atoms with E-state index in [1.807, 2.05) is 65.7 Å². The number of aromatic nitrogens is 2. The molecule has 0 bridgehead atoms. The van der Waals surface area contributed by atoms with Crippen LogP contribution in [0.2, 0.25) is 0 Å². The summed E-state index contributed by atoms with van der Waals surface area (Å²) in [4.78, 5) is 33.8. The number of benzene rings is 2. The number of rotatable bonds is 6. The Hall–Kier alpha value is -3.45. The summed E-state index contributed by atoms with van der Waals surface area (Å²) >= 11 is 1.50. The Labute approximate surface area is 209 Å². The number of amides is 1. The largest absolute Gasteiger partial charge is 0.497 e. The van der Waals surface area contributed by atoms with Crippen LogP contribution in [0, 0.1) is 6.92 Å². The highest BCUT2D eigenvalue weighted by molar-refractivity contribution is 7.13. The lowest BCUT2D eigenvalue weighted by molar-refractivity contribution is -0.118. The molecular weight excluding hydrogens is 458 g/mol. The lowest BCUT2D eigenvalue weighted by Crippen LogP contribution is -2.42. The van der Waals surface area contributed by atoms with Crippen molar-refractivity contribution in [3.05, 3.63) is 76.9 Å². The van der Waals surface area contributed by atoms with Gasteiger partial charge in [0.25, 0.3) is 5.91 Å². The molecule has 1 amide bonds. The molecule has 7 heteroatoms. The number of methoxy groups -OCH3 is 1. The standard InChI is InChI=1S/C28H29N3O3S/c1-19-23(18-26(32)31(28-29-15-16-35-28)21-11-7-4-8-12-21)24-17-22(34-2)13-14-25(24)30(19)27(33)20-9-5-3-6-10-20/h3,5-6,9-10,13-17,21H,4,7-8,11-12,18H2,1-2H3. The molecule has 6 nitrogen and oxygen atoms in total. The Morgan fingerprint density at radius 3 is 2.57 bits per heavy atom. The second-order valence-corrected chi connectivity index (χ2v) is 9.87. The van der Waals surface area contributed by atoms with Crippen molar-refractivity contribution in [1.29, 1.82) is 0 Å². The topological polar surface area (TPSA) is 64.4 Å². The molecule has 0 saturated heterocycles. The molecule has 1 saturated carbocycles. The predicted molar refractivity (Wildman–Crippen MR) is 140 cm³/mol. The first-order chi connectivity index (χ1) is 17.1. The summed E-state index contributed by atoms with van der Waals surface area (Å²) in [6.07, 6.45) is 7.40. The van der Waals surface area contributed by atoms with Crippen LogP contribution >= 0.6 is 11.3 Å². The number of ether oxygens (including phenoxy) is 1. The van der Waals surface area contributed by atoms with Gasteiger partial charge in [-0.1, -0.05) is 37.5 Å². The number of thiazole rings is 1. The second kappa shape index (κ2) is 10.0. The van der Waals surface area contributed by atoms with Crippen LogP contribution in [0.1, 0.15) is 53.7 Å². The Balaban J connectivity index is 1.58. The summed E-state index contributed by atoms with van der Waals surface area (Å²) in [6, 6.07) is 15.1. The first-order valence-corrected chi connectivity index (χ1v) is 13.0. The highest BCUT2D eigenvalue weighted by Gasteiger charge is 2.30. The maximum atomic E-state index is 13.9. The molecule has 0 radical (unpaired) electrons. The molecule has 1 aliphatic rings. The molecule has 0 atom stereocenters. The van der Waals surface area contributed by atoms with Crippen LogP contribution < -0.4 is 9.64 Å². The lowest BCUT2D eigenvalue weighted by atomic mass is 9.94. The number of carbonyl (C=O) groups is 2. The van der Waals surface area contributed by atoms with E-state index in [1.165, 1.54) is 17.8 Å². The third kappa shape index (κ3) is 4.48. The molecule has 35 heavy (non-hydrogen) atoms. The van der Waals surface area contributed by atoms with Gasteiger partial charge < -0.3 is 4.74 Å². The van der Waals surface area contributed by atoms with Gasteiger partial charge >= 0.3 is 0 Å². The molecule has 0 unspecified atom stereocenters. The minimum absolute atomic E-state index is 0.0176. The third-order valence-corrected chi connectivity index (χ3v) is 7.70. The highest BCUT2D eigenvalue weighted by Crippen LogP contribution is 2.33. The quantitative estimate of drug-likeness (QED) is 0.334. The van der Waals surface area contributed by atoms with E-state index in [4.69, 9.17) is 4.74 Å². The number of anilines is 1. The maximum Gasteiger partial charge on any atom is 0.262 e. The normalized spacial score (nSPS) is 14.2. The van der Waals surface area contributed by atoms with Crippen molar-refractivity contribution in [1.82, 2.24) is 9.55 Å². The summed E-state index contributed by atoms with van der Waals surface area (Å²) in [5.74, 6) is 0.601. The fraction of sp³-hybridized carbons (Fsp3) is 0.321. The van der Waals surface area contributed by atoms with Crippen molar-refractivity contribution >= 4 is 39.2 Å². The summed E-state index contributed by atoms with van der Waals surface area (Å²) in [5, 5.41) is 3.53. The van der Waals surface area contributed by atoms with Gasteiger partial charge in [-0.2, -0.15) is 0 Å². The third-order valence-electron chi connectivity index (χ3n) is 6.93. The molecule has 5 rings (SSSR count). The maximum absolute atomic E-state index is 13.9. The van der Waals surface area contributed by atoms with Crippen molar-refractivity contribution in [2.75, 3.05) is 12.0 Å². The number of nitrogens with zero attached hydrogens (tertiary/aromatic N) is 3. The average molecular weight is 488 g/mol. The van der Waals surface area contributed by atoms with Crippen molar-refractivity contribution in [2.24, 2.45) is 0 Å². The molecule has 2 aromatic carbocycles. The molecule has 2 aromatic heterocycles. The van der Waals surface area contributed by atoms with Gasteiger partial charge in [-0.3, -0.25) is 19.1 Å². The molecule has 0 N–H and O–H groups in total. The fourth-order valence-electron chi connectivity index (χ4n) is 5.16. The van der Waals surface area contributed by atoms with E-state index in [1.54, 1.807) is 17.9 Å². The van der Waals surface area contributed by atoms with E-state index < -0.39 is 0 Å². The van der Waals surface area contributed by atoms with Gasteiger partial charge in [0.2, 0.25) is 5.91 Å². The van der Waals surface area contributed by atoms with Crippen molar-refractivity contribution < 1.29 is 14.3 Å². The summed E-state index contributed by atoms with van der Waals surface area (Å²) in [6.45, 7) is 1.92. The van der Waals surface area contributed by atoms with Gasteiger partial charge in [0.05, 0.1) is 19.0 Å². The van der Waals surface area contributed by atoms with Crippen LogP contribution in [-0.4, -0.2) is 34.5 Å².